The van der Waals surface area contributed by atoms with Crippen LogP contribution in [0.5, 0.6) is 0 Å². The second-order valence-corrected chi connectivity index (χ2v) is 4.12. The summed E-state index contributed by atoms with van der Waals surface area (Å²) in [6.07, 6.45) is 3.04. The Bertz CT molecular complexity index is 760. The minimum absolute atomic E-state index is 0.295. The van der Waals surface area contributed by atoms with Crippen molar-refractivity contribution in [3.63, 3.8) is 0 Å². The van der Waals surface area contributed by atoms with Crippen molar-refractivity contribution in [1.82, 2.24) is 20.0 Å². The van der Waals surface area contributed by atoms with Crippen molar-refractivity contribution in [3.8, 4) is 0 Å². The SMILES string of the molecule is Cn1cc(C(=O)Nc2n[nH]c3ccc(F)cc23)cn1. The summed E-state index contributed by atoms with van der Waals surface area (Å²) in [5.74, 6) is -0.431. The lowest BCUT2D eigenvalue weighted by Crippen LogP contribution is -2.11. The molecule has 96 valence electrons. The molecule has 0 fully saturated rings. The highest BCUT2D eigenvalue weighted by molar-refractivity contribution is 6.07. The zero-order valence-electron chi connectivity index (χ0n) is 10.0. The van der Waals surface area contributed by atoms with Gasteiger partial charge in [-0.15, -0.1) is 0 Å². The predicted octanol–water partition coefficient (Wildman–Crippen LogP) is 1.69. The molecule has 1 aromatic carbocycles. The largest absolute Gasteiger partial charge is 0.304 e. The van der Waals surface area contributed by atoms with Crippen LogP contribution < -0.4 is 5.32 Å². The molecule has 0 bridgehead atoms. The van der Waals surface area contributed by atoms with Crippen LogP contribution in [-0.4, -0.2) is 25.9 Å². The number of amides is 1. The molecule has 19 heavy (non-hydrogen) atoms. The fraction of sp³-hybridized carbons (Fsp3) is 0.0833. The molecule has 2 N–H and O–H groups in total. The van der Waals surface area contributed by atoms with Crippen molar-refractivity contribution in [1.29, 1.82) is 0 Å². The number of carbonyl (C=O) groups excluding carboxylic acids is 1. The van der Waals surface area contributed by atoms with Gasteiger partial charge in [0.25, 0.3) is 5.91 Å². The van der Waals surface area contributed by atoms with E-state index in [4.69, 9.17) is 0 Å². The van der Waals surface area contributed by atoms with Gasteiger partial charge in [0.15, 0.2) is 5.82 Å². The molecule has 2 heterocycles. The number of aromatic amines is 1. The van der Waals surface area contributed by atoms with E-state index in [1.165, 1.54) is 23.0 Å². The van der Waals surface area contributed by atoms with Crippen molar-refractivity contribution in [3.05, 3.63) is 42.0 Å². The average molecular weight is 259 g/mol. The van der Waals surface area contributed by atoms with Gasteiger partial charge in [-0.3, -0.25) is 14.6 Å². The van der Waals surface area contributed by atoms with Crippen molar-refractivity contribution in [2.75, 3.05) is 5.32 Å². The standard InChI is InChI=1S/C12H10FN5O/c1-18-6-7(5-14-18)12(19)15-11-9-4-8(13)2-3-10(9)16-17-11/h2-6H,1H3,(H2,15,16,17,19). The quantitative estimate of drug-likeness (QED) is 0.735. The van der Waals surface area contributed by atoms with Crippen LogP contribution in [0.2, 0.25) is 0 Å². The number of aromatic nitrogens is 4. The maximum atomic E-state index is 13.2. The molecule has 7 heteroatoms. The molecule has 0 atom stereocenters. The summed E-state index contributed by atoms with van der Waals surface area (Å²) in [7, 11) is 1.72. The Balaban J connectivity index is 1.93. The summed E-state index contributed by atoms with van der Waals surface area (Å²) >= 11 is 0. The topological polar surface area (TPSA) is 75.6 Å². The van der Waals surface area contributed by atoms with E-state index in [1.54, 1.807) is 19.3 Å². The molecular formula is C12H10FN5O. The van der Waals surface area contributed by atoms with Crippen molar-refractivity contribution in [2.45, 2.75) is 0 Å². The number of H-pyrrole nitrogens is 1. The van der Waals surface area contributed by atoms with E-state index in [1.807, 2.05) is 0 Å². The Morgan fingerprint density at radius 3 is 3.05 bits per heavy atom. The number of benzene rings is 1. The Morgan fingerprint density at radius 1 is 1.47 bits per heavy atom. The third kappa shape index (κ3) is 2.05. The Hall–Kier alpha value is -2.70. The van der Waals surface area contributed by atoms with Crippen LogP contribution >= 0.6 is 0 Å². The fourth-order valence-corrected chi connectivity index (χ4v) is 1.80. The van der Waals surface area contributed by atoms with E-state index in [0.29, 0.717) is 22.3 Å². The van der Waals surface area contributed by atoms with Gasteiger partial charge in [-0.05, 0) is 18.2 Å². The molecule has 0 radical (unpaired) electrons. The van der Waals surface area contributed by atoms with Gasteiger partial charge in [0.05, 0.1) is 17.3 Å². The third-order valence-electron chi connectivity index (χ3n) is 2.72. The fourth-order valence-electron chi connectivity index (χ4n) is 1.80. The van der Waals surface area contributed by atoms with Crippen molar-refractivity contribution in [2.24, 2.45) is 7.05 Å². The number of rotatable bonds is 2. The van der Waals surface area contributed by atoms with Crippen LogP contribution in [-0.2, 0) is 7.05 Å². The first-order valence-corrected chi connectivity index (χ1v) is 5.57. The molecular weight excluding hydrogens is 249 g/mol. The van der Waals surface area contributed by atoms with E-state index >= 15 is 0 Å². The highest BCUT2D eigenvalue weighted by atomic mass is 19.1. The normalized spacial score (nSPS) is 10.8. The van der Waals surface area contributed by atoms with E-state index in [9.17, 15) is 9.18 Å². The average Bonchev–Trinajstić information content (AvgIpc) is 2.97. The molecule has 2 aromatic heterocycles. The van der Waals surface area contributed by atoms with E-state index in [2.05, 4.69) is 20.6 Å². The van der Waals surface area contributed by atoms with Crippen molar-refractivity contribution >= 4 is 22.6 Å². The molecule has 6 nitrogen and oxygen atoms in total. The number of anilines is 1. The molecule has 0 saturated carbocycles. The number of hydrogen-bond donors (Lipinski definition) is 2. The second kappa shape index (κ2) is 4.20. The van der Waals surface area contributed by atoms with E-state index in [0.717, 1.165) is 0 Å². The highest BCUT2D eigenvalue weighted by Gasteiger charge is 2.12. The smallest absolute Gasteiger partial charge is 0.260 e. The highest BCUT2D eigenvalue weighted by Crippen LogP contribution is 2.21. The van der Waals surface area contributed by atoms with E-state index < -0.39 is 0 Å². The first-order valence-electron chi connectivity index (χ1n) is 5.57. The predicted molar refractivity (Wildman–Crippen MR) is 67.2 cm³/mol. The van der Waals surface area contributed by atoms with Gasteiger partial charge < -0.3 is 5.32 Å². The van der Waals surface area contributed by atoms with Gasteiger partial charge in [-0.25, -0.2) is 4.39 Å². The lowest BCUT2D eigenvalue weighted by molar-refractivity contribution is 0.102. The Morgan fingerprint density at radius 2 is 2.32 bits per heavy atom. The lowest BCUT2D eigenvalue weighted by Gasteiger charge is -1.99. The molecule has 0 aliphatic rings. The summed E-state index contributed by atoms with van der Waals surface area (Å²) in [5, 5.41) is 13.7. The summed E-state index contributed by atoms with van der Waals surface area (Å²) in [4.78, 5) is 11.9. The molecule has 1 amide bonds. The second-order valence-electron chi connectivity index (χ2n) is 4.12. The molecule has 0 aliphatic carbocycles. The van der Waals surface area contributed by atoms with Crippen LogP contribution in [0.1, 0.15) is 10.4 Å². The summed E-state index contributed by atoms with van der Waals surface area (Å²) in [6.45, 7) is 0. The molecule has 0 saturated heterocycles. The van der Waals surface area contributed by atoms with Crippen molar-refractivity contribution < 1.29 is 9.18 Å². The van der Waals surface area contributed by atoms with Gasteiger partial charge in [-0.2, -0.15) is 10.2 Å². The van der Waals surface area contributed by atoms with Gasteiger partial charge in [0.1, 0.15) is 5.82 Å². The first-order chi connectivity index (χ1) is 9.13. The number of carbonyl (C=O) groups is 1. The van der Waals surface area contributed by atoms with Crippen LogP contribution in [0.15, 0.2) is 30.6 Å². The zero-order valence-corrected chi connectivity index (χ0v) is 10.0. The summed E-state index contributed by atoms with van der Waals surface area (Å²) < 4.78 is 14.7. The molecule has 3 aromatic rings. The minimum Gasteiger partial charge on any atom is -0.304 e. The molecule has 0 aliphatic heterocycles. The number of aryl methyl sites for hydroxylation is 1. The van der Waals surface area contributed by atoms with Gasteiger partial charge in [-0.1, -0.05) is 0 Å². The number of nitrogens with zero attached hydrogens (tertiary/aromatic N) is 3. The van der Waals surface area contributed by atoms with Gasteiger partial charge in [0, 0.05) is 18.6 Å². The number of halogens is 1. The third-order valence-corrected chi connectivity index (χ3v) is 2.72. The molecule has 0 spiro atoms. The zero-order chi connectivity index (χ0) is 13.4. The maximum absolute atomic E-state index is 13.2. The Kier molecular flexibility index (Phi) is 2.52. The lowest BCUT2D eigenvalue weighted by atomic mass is 10.2. The summed E-state index contributed by atoms with van der Waals surface area (Å²) in [5.41, 5.74) is 1.07. The number of nitrogens with one attached hydrogen (secondary N) is 2. The van der Waals surface area contributed by atoms with Crippen LogP contribution in [0.25, 0.3) is 10.9 Å². The number of fused-ring (bicyclic) bond motifs is 1. The monoisotopic (exact) mass is 259 g/mol. The van der Waals surface area contributed by atoms with Crippen LogP contribution in [0.4, 0.5) is 10.2 Å². The molecule has 3 rings (SSSR count). The Labute approximate surface area is 107 Å². The van der Waals surface area contributed by atoms with Crippen LogP contribution in [0.3, 0.4) is 0 Å². The van der Waals surface area contributed by atoms with Crippen LogP contribution in [0, 0.1) is 5.82 Å². The number of hydrogen-bond acceptors (Lipinski definition) is 3. The molecule has 0 unspecified atom stereocenters. The van der Waals surface area contributed by atoms with E-state index in [-0.39, 0.29) is 11.7 Å². The first kappa shape index (κ1) is 11.4. The summed E-state index contributed by atoms with van der Waals surface area (Å²) in [6, 6.07) is 4.21. The maximum Gasteiger partial charge on any atom is 0.260 e. The van der Waals surface area contributed by atoms with Gasteiger partial charge in [0.2, 0.25) is 0 Å². The minimum atomic E-state index is -0.384. The van der Waals surface area contributed by atoms with Gasteiger partial charge >= 0.3 is 0 Å².